The van der Waals surface area contributed by atoms with Crippen LogP contribution in [0.1, 0.15) is 51.2 Å². The summed E-state index contributed by atoms with van der Waals surface area (Å²) in [6.07, 6.45) is 0.0773. The van der Waals surface area contributed by atoms with E-state index in [-0.39, 0.29) is 12.3 Å². The van der Waals surface area contributed by atoms with Gasteiger partial charge in [0, 0.05) is 0 Å². The zero-order valence-corrected chi connectivity index (χ0v) is 13.8. The number of carboxylic acid groups (broad SMARTS) is 1. The van der Waals surface area contributed by atoms with Gasteiger partial charge in [0.15, 0.2) is 5.60 Å². The first-order chi connectivity index (χ1) is 10.2. The van der Waals surface area contributed by atoms with Crippen molar-refractivity contribution in [1.82, 2.24) is 0 Å². The second-order valence-electron chi connectivity index (χ2n) is 5.86. The van der Waals surface area contributed by atoms with E-state index >= 15 is 0 Å². The molecule has 1 aromatic rings. The summed E-state index contributed by atoms with van der Waals surface area (Å²) in [5, 5.41) is 8.86. The molecule has 0 bridgehead atoms. The fourth-order valence-corrected chi connectivity index (χ4v) is 2.09. The number of ether oxygens (including phenoxy) is 2. The molecular weight excluding hydrogens is 284 g/mol. The Labute approximate surface area is 131 Å². The maximum Gasteiger partial charge on any atom is 0.349 e. The maximum absolute atomic E-state index is 11.9. The monoisotopic (exact) mass is 308 g/mol. The SMILES string of the molecule is CCOC(=O)C(C)(C)Oc1ccc(C(C)CC(=O)O)cc1C. The van der Waals surface area contributed by atoms with Crippen molar-refractivity contribution in [2.45, 2.75) is 52.6 Å². The Morgan fingerprint density at radius 3 is 2.45 bits per heavy atom. The smallest absolute Gasteiger partial charge is 0.349 e. The molecule has 5 nitrogen and oxygen atoms in total. The molecule has 0 saturated carbocycles. The van der Waals surface area contributed by atoms with Gasteiger partial charge in [0.25, 0.3) is 0 Å². The molecule has 122 valence electrons. The van der Waals surface area contributed by atoms with Crippen molar-refractivity contribution in [2.24, 2.45) is 0 Å². The second-order valence-corrected chi connectivity index (χ2v) is 5.86. The molecule has 1 atom stereocenters. The minimum Gasteiger partial charge on any atom is -0.481 e. The summed E-state index contributed by atoms with van der Waals surface area (Å²) in [7, 11) is 0. The van der Waals surface area contributed by atoms with E-state index in [1.165, 1.54) is 0 Å². The van der Waals surface area contributed by atoms with Crippen molar-refractivity contribution in [3.05, 3.63) is 29.3 Å². The summed E-state index contributed by atoms with van der Waals surface area (Å²) in [5.74, 6) is -0.737. The number of carbonyl (C=O) groups excluding carboxylic acids is 1. The number of carbonyl (C=O) groups is 2. The van der Waals surface area contributed by atoms with Crippen molar-refractivity contribution >= 4 is 11.9 Å². The van der Waals surface area contributed by atoms with Crippen molar-refractivity contribution in [3.63, 3.8) is 0 Å². The quantitative estimate of drug-likeness (QED) is 0.782. The molecule has 0 aliphatic heterocycles. The topological polar surface area (TPSA) is 72.8 Å². The number of aliphatic carboxylic acids is 1. The van der Waals surface area contributed by atoms with Gasteiger partial charge in [-0.15, -0.1) is 0 Å². The largest absolute Gasteiger partial charge is 0.481 e. The fourth-order valence-electron chi connectivity index (χ4n) is 2.09. The van der Waals surface area contributed by atoms with E-state index in [2.05, 4.69) is 0 Å². The fraction of sp³-hybridized carbons (Fsp3) is 0.529. The van der Waals surface area contributed by atoms with Gasteiger partial charge >= 0.3 is 11.9 Å². The van der Waals surface area contributed by atoms with Crippen LogP contribution < -0.4 is 4.74 Å². The summed E-state index contributed by atoms with van der Waals surface area (Å²) in [6.45, 7) is 9.10. The minimum absolute atomic E-state index is 0.0773. The third-order valence-corrected chi connectivity index (χ3v) is 3.38. The highest BCUT2D eigenvalue weighted by Crippen LogP contribution is 2.28. The molecule has 0 amide bonds. The van der Waals surface area contributed by atoms with E-state index in [0.717, 1.165) is 11.1 Å². The number of aryl methyl sites for hydroxylation is 1. The van der Waals surface area contributed by atoms with Crippen molar-refractivity contribution in [3.8, 4) is 5.75 Å². The predicted octanol–water partition coefficient (Wildman–Crippen LogP) is 3.29. The lowest BCUT2D eigenvalue weighted by Crippen LogP contribution is -2.39. The first kappa shape index (κ1) is 18.0. The molecule has 0 heterocycles. The normalized spacial score (nSPS) is 12.6. The minimum atomic E-state index is -1.07. The molecule has 0 spiro atoms. The number of hydrogen-bond acceptors (Lipinski definition) is 4. The van der Waals surface area contributed by atoms with E-state index in [9.17, 15) is 9.59 Å². The van der Waals surface area contributed by atoms with Gasteiger partial charge in [-0.1, -0.05) is 19.1 Å². The maximum atomic E-state index is 11.9. The molecule has 0 fully saturated rings. The van der Waals surface area contributed by atoms with Gasteiger partial charge in [-0.3, -0.25) is 4.79 Å². The van der Waals surface area contributed by atoms with E-state index in [4.69, 9.17) is 14.6 Å². The average Bonchev–Trinajstić information content (AvgIpc) is 2.40. The van der Waals surface area contributed by atoms with Gasteiger partial charge in [-0.2, -0.15) is 0 Å². The zero-order valence-electron chi connectivity index (χ0n) is 13.8. The van der Waals surface area contributed by atoms with Crippen molar-refractivity contribution in [1.29, 1.82) is 0 Å². The van der Waals surface area contributed by atoms with Crippen LogP contribution in [0.3, 0.4) is 0 Å². The van der Waals surface area contributed by atoms with Gasteiger partial charge in [0.1, 0.15) is 5.75 Å². The van der Waals surface area contributed by atoms with E-state index < -0.39 is 17.5 Å². The van der Waals surface area contributed by atoms with Crippen LogP contribution in [-0.2, 0) is 14.3 Å². The van der Waals surface area contributed by atoms with Crippen LogP contribution >= 0.6 is 0 Å². The molecule has 1 rings (SSSR count). The molecule has 0 aromatic heterocycles. The summed E-state index contributed by atoms with van der Waals surface area (Å²) in [4.78, 5) is 22.6. The van der Waals surface area contributed by atoms with Crippen LogP contribution in [0.2, 0.25) is 0 Å². The van der Waals surface area contributed by atoms with Crippen LogP contribution in [-0.4, -0.2) is 29.3 Å². The molecule has 1 unspecified atom stereocenters. The Balaban J connectivity index is 2.90. The Morgan fingerprint density at radius 2 is 1.95 bits per heavy atom. The van der Waals surface area contributed by atoms with Gasteiger partial charge in [0.05, 0.1) is 13.0 Å². The number of rotatable bonds is 7. The first-order valence-corrected chi connectivity index (χ1v) is 7.36. The summed E-state index contributed by atoms with van der Waals surface area (Å²) in [6, 6.07) is 5.49. The Morgan fingerprint density at radius 1 is 1.32 bits per heavy atom. The Bertz CT molecular complexity index is 548. The molecule has 0 saturated heterocycles. The number of benzene rings is 1. The van der Waals surface area contributed by atoms with Gasteiger partial charge in [0.2, 0.25) is 0 Å². The highest BCUT2D eigenvalue weighted by molar-refractivity contribution is 5.79. The highest BCUT2D eigenvalue weighted by atomic mass is 16.6. The molecule has 22 heavy (non-hydrogen) atoms. The van der Waals surface area contributed by atoms with Gasteiger partial charge < -0.3 is 14.6 Å². The van der Waals surface area contributed by atoms with Crippen LogP contribution in [0.25, 0.3) is 0 Å². The number of esters is 1. The van der Waals surface area contributed by atoms with E-state index in [0.29, 0.717) is 12.4 Å². The standard InChI is InChI=1S/C17H24O5/c1-6-21-16(20)17(4,5)22-14-8-7-13(9-12(14)3)11(2)10-15(18)19/h7-9,11H,6,10H2,1-5H3,(H,18,19). The van der Waals surface area contributed by atoms with E-state index in [1.807, 2.05) is 26.0 Å². The van der Waals surface area contributed by atoms with Crippen LogP contribution in [0.15, 0.2) is 18.2 Å². The second kappa shape index (κ2) is 7.29. The molecule has 1 N–H and O–H groups in total. The molecule has 0 radical (unpaired) electrons. The lowest BCUT2D eigenvalue weighted by molar-refractivity contribution is -0.158. The summed E-state index contributed by atoms with van der Waals surface area (Å²) >= 11 is 0. The third kappa shape index (κ3) is 4.76. The van der Waals surface area contributed by atoms with Gasteiger partial charge in [-0.05, 0) is 50.8 Å². The molecule has 0 aliphatic rings. The molecule has 0 aliphatic carbocycles. The van der Waals surface area contributed by atoms with E-state index in [1.54, 1.807) is 26.8 Å². The zero-order chi connectivity index (χ0) is 16.9. The molecule has 5 heteroatoms. The summed E-state index contributed by atoms with van der Waals surface area (Å²) < 4.78 is 10.8. The summed E-state index contributed by atoms with van der Waals surface area (Å²) in [5.41, 5.74) is 0.711. The lowest BCUT2D eigenvalue weighted by atomic mass is 9.96. The lowest BCUT2D eigenvalue weighted by Gasteiger charge is -2.25. The van der Waals surface area contributed by atoms with Crippen LogP contribution in [0, 0.1) is 6.92 Å². The highest BCUT2D eigenvalue weighted by Gasteiger charge is 2.32. The Hall–Kier alpha value is -2.04. The number of carboxylic acids is 1. The van der Waals surface area contributed by atoms with Crippen molar-refractivity contribution in [2.75, 3.05) is 6.61 Å². The van der Waals surface area contributed by atoms with Crippen molar-refractivity contribution < 1.29 is 24.2 Å². The predicted molar refractivity (Wildman–Crippen MR) is 83.2 cm³/mol. The average molecular weight is 308 g/mol. The Kier molecular flexibility index (Phi) is 5.97. The van der Waals surface area contributed by atoms with Crippen LogP contribution in [0.5, 0.6) is 5.75 Å². The molecular formula is C17H24O5. The third-order valence-electron chi connectivity index (χ3n) is 3.38. The molecule has 1 aromatic carbocycles. The van der Waals surface area contributed by atoms with Crippen LogP contribution in [0.4, 0.5) is 0 Å². The first-order valence-electron chi connectivity index (χ1n) is 7.36. The number of hydrogen-bond donors (Lipinski definition) is 1. The van der Waals surface area contributed by atoms with Gasteiger partial charge in [-0.25, -0.2) is 4.79 Å².